The van der Waals surface area contributed by atoms with Crippen LogP contribution >= 0.6 is 22.9 Å². The van der Waals surface area contributed by atoms with Gasteiger partial charge < -0.3 is 24.3 Å². The predicted molar refractivity (Wildman–Crippen MR) is 133 cm³/mol. The molecule has 0 bridgehead atoms. The number of nitrogens with zero attached hydrogens (tertiary/aromatic N) is 5. The van der Waals surface area contributed by atoms with E-state index in [1.165, 1.54) is 19.6 Å². The third kappa shape index (κ3) is 5.07. The van der Waals surface area contributed by atoms with Crippen LogP contribution in [0.2, 0.25) is 5.02 Å². The number of phenolic OH excluding ortho intramolecular Hbond substituents is 1. The minimum atomic E-state index is -0.447. The Bertz CT molecular complexity index is 1260. The van der Waals surface area contributed by atoms with Crippen LogP contribution in [0.5, 0.6) is 17.4 Å². The van der Waals surface area contributed by atoms with E-state index in [4.69, 9.17) is 30.9 Å². The molecule has 2 aliphatic heterocycles. The highest BCUT2D eigenvalue weighted by Gasteiger charge is 2.31. The van der Waals surface area contributed by atoms with Gasteiger partial charge in [-0.3, -0.25) is 4.79 Å². The standard InChI is InChI=1S/C24H24ClN5O5S/c1-33-20-10-26-13-27-23(20)34-11-21(32)30-7-5-14(6-8-30)24-28-17(12-36-24)16-9-19(35-29-16)22-15(25)3-2-4-18(22)31/h2-4,10,12-14,19,31H,5-9,11H2,1H3. The summed E-state index contributed by atoms with van der Waals surface area (Å²) in [6.07, 6.45) is 4.50. The van der Waals surface area contributed by atoms with Crippen molar-refractivity contribution < 1.29 is 24.2 Å². The minimum Gasteiger partial charge on any atom is -0.507 e. The Kier molecular flexibility index (Phi) is 7.19. The van der Waals surface area contributed by atoms with Crippen molar-refractivity contribution >= 4 is 34.6 Å². The summed E-state index contributed by atoms with van der Waals surface area (Å²) in [5, 5.41) is 17.8. The van der Waals surface area contributed by atoms with E-state index in [9.17, 15) is 9.90 Å². The molecule has 36 heavy (non-hydrogen) atoms. The van der Waals surface area contributed by atoms with Crippen molar-refractivity contribution in [1.29, 1.82) is 0 Å². The summed E-state index contributed by atoms with van der Waals surface area (Å²) < 4.78 is 10.7. The first kappa shape index (κ1) is 24.3. The molecular formula is C24H24ClN5O5S. The second kappa shape index (κ2) is 10.7. The van der Waals surface area contributed by atoms with Gasteiger partial charge in [-0.1, -0.05) is 22.8 Å². The van der Waals surface area contributed by atoms with Crippen LogP contribution in [0.3, 0.4) is 0 Å². The van der Waals surface area contributed by atoms with E-state index in [1.807, 2.05) is 5.38 Å². The van der Waals surface area contributed by atoms with Crippen molar-refractivity contribution in [3.8, 4) is 17.4 Å². The van der Waals surface area contributed by atoms with Crippen LogP contribution in [0, 0.1) is 0 Å². The molecular weight excluding hydrogens is 506 g/mol. The average molecular weight is 530 g/mol. The van der Waals surface area contributed by atoms with Crippen LogP contribution in [0.1, 0.15) is 47.5 Å². The molecule has 1 saturated heterocycles. The van der Waals surface area contributed by atoms with Gasteiger partial charge in [0.1, 0.15) is 17.8 Å². The van der Waals surface area contributed by atoms with Crippen molar-refractivity contribution in [3.05, 3.63) is 57.4 Å². The van der Waals surface area contributed by atoms with E-state index >= 15 is 0 Å². The van der Waals surface area contributed by atoms with Gasteiger partial charge in [-0.25, -0.2) is 9.97 Å². The van der Waals surface area contributed by atoms with Gasteiger partial charge in [0.25, 0.3) is 11.8 Å². The minimum absolute atomic E-state index is 0.0887. The number of carbonyl (C=O) groups excluding carboxylic acids is 1. The Hall–Kier alpha value is -3.44. The third-order valence-corrected chi connectivity index (χ3v) is 7.57. The zero-order chi connectivity index (χ0) is 25.1. The quantitative estimate of drug-likeness (QED) is 0.488. The lowest BCUT2D eigenvalue weighted by molar-refractivity contribution is -0.134. The maximum atomic E-state index is 12.6. The molecule has 2 aromatic heterocycles. The molecule has 0 saturated carbocycles. The van der Waals surface area contributed by atoms with Crippen LogP contribution in [0.4, 0.5) is 0 Å². The van der Waals surface area contributed by atoms with Crippen molar-refractivity contribution in [2.75, 3.05) is 26.8 Å². The van der Waals surface area contributed by atoms with Crippen molar-refractivity contribution in [2.24, 2.45) is 5.16 Å². The van der Waals surface area contributed by atoms with E-state index in [0.717, 1.165) is 29.3 Å². The molecule has 0 radical (unpaired) electrons. The maximum Gasteiger partial charge on any atom is 0.260 e. The predicted octanol–water partition coefficient (Wildman–Crippen LogP) is 3.95. The highest BCUT2D eigenvalue weighted by atomic mass is 35.5. The molecule has 188 valence electrons. The average Bonchev–Trinajstić information content (AvgIpc) is 3.58. The first-order chi connectivity index (χ1) is 17.5. The topological polar surface area (TPSA) is 119 Å². The molecule has 0 aliphatic carbocycles. The fourth-order valence-corrected chi connectivity index (χ4v) is 5.58. The van der Waals surface area contributed by atoms with Crippen LogP contribution in [-0.2, 0) is 9.63 Å². The molecule has 5 rings (SSSR count). The lowest BCUT2D eigenvalue weighted by Gasteiger charge is -2.31. The summed E-state index contributed by atoms with van der Waals surface area (Å²) in [6, 6.07) is 4.99. The molecule has 4 heterocycles. The monoisotopic (exact) mass is 529 g/mol. The number of halogens is 1. The van der Waals surface area contributed by atoms with Gasteiger partial charge in [-0.15, -0.1) is 11.3 Å². The molecule has 0 spiro atoms. The molecule has 1 unspecified atom stereocenters. The van der Waals surface area contributed by atoms with Gasteiger partial charge in [0.2, 0.25) is 0 Å². The second-order valence-electron chi connectivity index (χ2n) is 8.42. The number of methoxy groups -OCH3 is 1. The van der Waals surface area contributed by atoms with Gasteiger partial charge in [-0.2, -0.15) is 4.98 Å². The number of amides is 1. The van der Waals surface area contributed by atoms with Gasteiger partial charge in [0.05, 0.1) is 34.6 Å². The number of ether oxygens (including phenoxy) is 2. The highest BCUT2D eigenvalue weighted by molar-refractivity contribution is 7.10. The number of likely N-dealkylation sites (tertiary alicyclic amines) is 1. The maximum absolute atomic E-state index is 12.6. The van der Waals surface area contributed by atoms with Gasteiger partial charge in [-0.05, 0) is 25.0 Å². The molecule has 3 aromatic rings. The molecule has 1 amide bonds. The Labute approximate surface area is 216 Å². The SMILES string of the molecule is COc1cncnc1OCC(=O)N1CCC(c2nc(C3=NOC(c4c(O)cccc4Cl)C3)cs2)CC1. The summed E-state index contributed by atoms with van der Waals surface area (Å²) in [4.78, 5) is 32.7. The van der Waals surface area contributed by atoms with Gasteiger partial charge in [0, 0.05) is 30.8 Å². The number of thiazole rings is 1. The second-order valence-corrected chi connectivity index (χ2v) is 9.72. The number of phenols is 1. The van der Waals surface area contributed by atoms with E-state index in [1.54, 1.807) is 34.4 Å². The number of hydrogen-bond acceptors (Lipinski definition) is 10. The first-order valence-corrected chi connectivity index (χ1v) is 12.7. The molecule has 12 heteroatoms. The molecule has 10 nitrogen and oxygen atoms in total. The zero-order valence-corrected chi connectivity index (χ0v) is 21.0. The molecule has 2 aliphatic rings. The molecule has 1 atom stereocenters. The largest absolute Gasteiger partial charge is 0.507 e. The van der Waals surface area contributed by atoms with Crippen LogP contribution in [0.15, 0.2) is 41.3 Å². The Balaban J connectivity index is 1.14. The van der Waals surface area contributed by atoms with Crippen molar-refractivity contribution in [1.82, 2.24) is 19.9 Å². The summed E-state index contributed by atoms with van der Waals surface area (Å²) in [5.74, 6) is 0.890. The van der Waals surface area contributed by atoms with Crippen LogP contribution in [0.25, 0.3) is 0 Å². The third-order valence-electron chi connectivity index (χ3n) is 6.23. The van der Waals surface area contributed by atoms with Gasteiger partial charge >= 0.3 is 0 Å². The Morgan fingerprint density at radius 3 is 2.94 bits per heavy atom. The van der Waals surface area contributed by atoms with E-state index in [2.05, 4.69) is 15.1 Å². The number of hydrogen-bond donors (Lipinski definition) is 1. The Morgan fingerprint density at radius 1 is 1.33 bits per heavy atom. The number of oxime groups is 1. The van der Waals surface area contributed by atoms with Gasteiger partial charge in [0.15, 0.2) is 18.5 Å². The summed E-state index contributed by atoms with van der Waals surface area (Å²) in [5.41, 5.74) is 2.04. The fourth-order valence-electron chi connectivity index (χ4n) is 4.29. The summed E-state index contributed by atoms with van der Waals surface area (Å²) in [7, 11) is 1.50. The van der Waals surface area contributed by atoms with Crippen LogP contribution in [-0.4, -0.2) is 63.4 Å². The number of rotatable bonds is 7. The van der Waals surface area contributed by atoms with Crippen molar-refractivity contribution in [2.45, 2.75) is 31.3 Å². The summed E-state index contributed by atoms with van der Waals surface area (Å²) in [6.45, 7) is 1.14. The lowest BCUT2D eigenvalue weighted by Crippen LogP contribution is -2.40. The van der Waals surface area contributed by atoms with Crippen LogP contribution < -0.4 is 9.47 Å². The van der Waals surface area contributed by atoms with Crippen molar-refractivity contribution in [3.63, 3.8) is 0 Å². The number of piperidine rings is 1. The molecule has 1 fully saturated rings. The number of aromatic hydroxyl groups is 1. The normalized spacial score (nSPS) is 18.0. The first-order valence-electron chi connectivity index (χ1n) is 11.4. The zero-order valence-electron chi connectivity index (χ0n) is 19.5. The van der Waals surface area contributed by atoms with E-state index in [-0.39, 0.29) is 30.1 Å². The Morgan fingerprint density at radius 2 is 2.17 bits per heavy atom. The number of carbonyl (C=O) groups is 1. The van der Waals surface area contributed by atoms with E-state index in [0.29, 0.717) is 35.8 Å². The fraction of sp³-hybridized carbons (Fsp3) is 0.375. The van der Waals surface area contributed by atoms with E-state index < -0.39 is 6.10 Å². The number of aromatic nitrogens is 3. The highest BCUT2D eigenvalue weighted by Crippen LogP contribution is 2.39. The number of benzene rings is 1. The molecule has 1 aromatic carbocycles. The smallest absolute Gasteiger partial charge is 0.260 e. The molecule has 1 N–H and O–H groups in total. The lowest BCUT2D eigenvalue weighted by atomic mass is 9.97. The summed E-state index contributed by atoms with van der Waals surface area (Å²) >= 11 is 7.84.